The van der Waals surface area contributed by atoms with Crippen molar-refractivity contribution in [2.75, 3.05) is 0 Å². The lowest BCUT2D eigenvalue weighted by molar-refractivity contribution is 0.673. The van der Waals surface area contributed by atoms with E-state index in [0.29, 0.717) is 0 Å². The van der Waals surface area contributed by atoms with Crippen molar-refractivity contribution in [2.45, 2.75) is 0 Å². The Hall–Kier alpha value is -6.90. The van der Waals surface area contributed by atoms with E-state index in [0.717, 1.165) is 27.3 Å². The Morgan fingerprint density at radius 1 is 0.365 bits per heavy atom. The van der Waals surface area contributed by atoms with Crippen LogP contribution in [-0.4, -0.2) is 4.57 Å². The molecular weight excluding hydrogens is 631 g/mol. The zero-order valence-corrected chi connectivity index (χ0v) is 28.1. The minimum absolute atomic E-state index is 0.908. The third-order valence-electron chi connectivity index (χ3n) is 11.3. The molecule has 0 aliphatic heterocycles. The summed E-state index contributed by atoms with van der Waals surface area (Å²) in [5.41, 5.74) is 10.4. The molecule has 0 bridgehead atoms. The summed E-state index contributed by atoms with van der Waals surface area (Å²) < 4.78 is 9.13. The molecule has 52 heavy (non-hydrogen) atoms. The monoisotopic (exact) mass is 659 g/mol. The molecule has 12 aromatic rings. The molecule has 12 rings (SSSR count). The standard InChI is InChI=1S/C50H29NO/c1-2-14-34(15-3-1)51-42-22-10-13-31-24-25-32-28-33(29-43(51)47(32)46(31)42)45-36-17-6-8-19-38(36)48(39-20-9-7-18-37(39)45)40-21-11-23-44-49(40)41-27-26-30-12-4-5-16-35(30)50(41)52-44/h1-29H. The molecule has 0 radical (unpaired) electrons. The largest absolute Gasteiger partial charge is 0.455 e. The van der Waals surface area contributed by atoms with Gasteiger partial charge in [-0.05, 0) is 102 Å². The van der Waals surface area contributed by atoms with E-state index in [2.05, 4.69) is 180 Å². The van der Waals surface area contributed by atoms with Gasteiger partial charge in [-0.3, -0.25) is 0 Å². The zero-order valence-electron chi connectivity index (χ0n) is 28.1. The number of fused-ring (bicyclic) bond motifs is 7. The second-order valence-corrected chi connectivity index (χ2v) is 14.0. The van der Waals surface area contributed by atoms with E-state index in [1.807, 2.05) is 0 Å². The molecule has 0 unspecified atom stereocenters. The van der Waals surface area contributed by atoms with Crippen LogP contribution in [0.4, 0.5) is 0 Å². The van der Waals surface area contributed by atoms with Crippen LogP contribution in [-0.2, 0) is 0 Å². The summed E-state index contributed by atoms with van der Waals surface area (Å²) in [4.78, 5) is 0. The van der Waals surface area contributed by atoms with Gasteiger partial charge in [-0.1, -0.05) is 133 Å². The maximum atomic E-state index is 6.68. The van der Waals surface area contributed by atoms with Crippen LogP contribution in [0.5, 0.6) is 0 Å². The summed E-state index contributed by atoms with van der Waals surface area (Å²) in [6.07, 6.45) is 0. The van der Waals surface area contributed by atoms with E-state index >= 15 is 0 Å². The van der Waals surface area contributed by atoms with Crippen molar-refractivity contribution in [3.8, 4) is 27.9 Å². The van der Waals surface area contributed by atoms with E-state index in [9.17, 15) is 0 Å². The highest BCUT2D eigenvalue weighted by atomic mass is 16.3. The molecule has 0 saturated carbocycles. The first kappa shape index (κ1) is 27.9. The minimum Gasteiger partial charge on any atom is -0.455 e. The molecule has 2 heteroatoms. The summed E-state index contributed by atoms with van der Waals surface area (Å²) in [5.74, 6) is 0. The SMILES string of the molecule is c1ccc(-n2c3cccc4ccc5cc(-c6c7ccccc7c(-c7cccc8oc9c%10ccccc%10ccc9c78)c7ccccc67)cc2c5c43)cc1. The third kappa shape index (κ3) is 3.68. The van der Waals surface area contributed by atoms with Gasteiger partial charge in [0.25, 0.3) is 0 Å². The first-order chi connectivity index (χ1) is 25.8. The summed E-state index contributed by atoms with van der Waals surface area (Å²) in [6.45, 7) is 0. The van der Waals surface area contributed by atoms with Gasteiger partial charge in [0.1, 0.15) is 11.2 Å². The molecule has 0 fully saturated rings. The molecule has 0 spiro atoms. The number of benzene rings is 10. The van der Waals surface area contributed by atoms with Crippen LogP contribution in [0.25, 0.3) is 115 Å². The Bertz CT molecular complexity index is 3340. The first-order valence-electron chi connectivity index (χ1n) is 17.9. The molecule has 2 heterocycles. The number of rotatable bonds is 3. The molecular formula is C50H29NO. The second-order valence-electron chi connectivity index (χ2n) is 14.0. The van der Waals surface area contributed by atoms with E-state index in [4.69, 9.17) is 4.42 Å². The van der Waals surface area contributed by atoms with Gasteiger partial charge in [0, 0.05) is 32.6 Å². The fourth-order valence-electron chi connectivity index (χ4n) is 9.18. The topological polar surface area (TPSA) is 18.1 Å². The fraction of sp³-hybridized carbons (Fsp3) is 0. The van der Waals surface area contributed by atoms with Crippen LogP contribution in [0.15, 0.2) is 180 Å². The van der Waals surface area contributed by atoms with E-state index < -0.39 is 0 Å². The highest BCUT2D eigenvalue weighted by Gasteiger charge is 2.23. The van der Waals surface area contributed by atoms with Crippen LogP contribution in [0.3, 0.4) is 0 Å². The van der Waals surface area contributed by atoms with E-state index in [1.54, 1.807) is 0 Å². The maximum Gasteiger partial charge on any atom is 0.143 e. The summed E-state index contributed by atoms with van der Waals surface area (Å²) in [6, 6.07) is 64.3. The Labute approximate surface area is 298 Å². The van der Waals surface area contributed by atoms with Crippen molar-refractivity contribution in [3.63, 3.8) is 0 Å². The Kier molecular flexibility index (Phi) is 5.53. The molecule has 2 nitrogen and oxygen atoms in total. The van der Waals surface area contributed by atoms with Gasteiger partial charge < -0.3 is 8.98 Å². The van der Waals surface area contributed by atoms with Gasteiger partial charge in [-0.15, -0.1) is 0 Å². The van der Waals surface area contributed by atoms with Crippen LogP contribution >= 0.6 is 0 Å². The van der Waals surface area contributed by atoms with Crippen LogP contribution in [0.2, 0.25) is 0 Å². The van der Waals surface area contributed by atoms with Gasteiger partial charge in [-0.2, -0.15) is 0 Å². The number of para-hydroxylation sites is 1. The zero-order chi connectivity index (χ0) is 33.9. The molecule has 0 aliphatic carbocycles. The van der Waals surface area contributed by atoms with Gasteiger partial charge >= 0.3 is 0 Å². The highest BCUT2D eigenvalue weighted by Crippen LogP contribution is 2.49. The predicted molar refractivity (Wildman–Crippen MR) is 220 cm³/mol. The number of aromatic nitrogens is 1. The van der Waals surface area contributed by atoms with Gasteiger partial charge in [-0.25, -0.2) is 0 Å². The number of hydrogen-bond donors (Lipinski definition) is 0. The Morgan fingerprint density at radius 2 is 0.981 bits per heavy atom. The summed E-state index contributed by atoms with van der Waals surface area (Å²) in [7, 11) is 0. The minimum atomic E-state index is 0.908. The van der Waals surface area contributed by atoms with Crippen molar-refractivity contribution in [1.29, 1.82) is 0 Å². The third-order valence-corrected chi connectivity index (χ3v) is 11.3. The van der Waals surface area contributed by atoms with E-state index in [-0.39, 0.29) is 0 Å². The lowest BCUT2D eigenvalue weighted by Crippen LogP contribution is -1.94. The average Bonchev–Trinajstić information content (AvgIpc) is 3.76. The van der Waals surface area contributed by atoms with Crippen molar-refractivity contribution < 1.29 is 4.42 Å². The van der Waals surface area contributed by atoms with Gasteiger partial charge in [0.05, 0.1) is 11.0 Å². The van der Waals surface area contributed by atoms with Crippen LogP contribution < -0.4 is 0 Å². The molecule has 0 amide bonds. The van der Waals surface area contributed by atoms with Gasteiger partial charge in [0.15, 0.2) is 0 Å². The van der Waals surface area contributed by atoms with Crippen LogP contribution in [0, 0.1) is 0 Å². The summed E-state index contributed by atoms with van der Waals surface area (Å²) >= 11 is 0. The van der Waals surface area contributed by atoms with Crippen molar-refractivity contribution >= 4 is 86.8 Å². The lowest BCUT2D eigenvalue weighted by Gasteiger charge is -2.19. The predicted octanol–water partition coefficient (Wildman–Crippen LogP) is 14.1. The van der Waals surface area contributed by atoms with Crippen molar-refractivity contribution in [2.24, 2.45) is 0 Å². The molecule has 0 aliphatic rings. The molecule has 2 aromatic heterocycles. The van der Waals surface area contributed by atoms with Gasteiger partial charge in [0.2, 0.25) is 0 Å². The molecule has 10 aromatic carbocycles. The Balaban J connectivity index is 1.21. The average molecular weight is 660 g/mol. The fourth-order valence-corrected chi connectivity index (χ4v) is 9.18. The Morgan fingerprint density at radius 3 is 1.77 bits per heavy atom. The van der Waals surface area contributed by atoms with Crippen LogP contribution in [0.1, 0.15) is 0 Å². The van der Waals surface area contributed by atoms with Crippen molar-refractivity contribution in [1.82, 2.24) is 4.57 Å². The molecule has 0 atom stereocenters. The first-order valence-corrected chi connectivity index (χ1v) is 17.9. The number of hydrogen-bond acceptors (Lipinski definition) is 1. The molecule has 0 saturated heterocycles. The summed E-state index contributed by atoms with van der Waals surface area (Å²) in [5, 5.41) is 14.7. The normalized spacial score (nSPS) is 12.2. The molecule has 240 valence electrons. The maximum absolute atomic E-state index is 6.68. The van der Waals surface area contributed by atoms with Crippen molar-refractivity contribution in [3.05, 3.63) is 176 Å². The number of furan rings is 1. The highest BCUT2D eigenvalue weighted by molar-refractivity contribution is 6.29. The molecule has 0 N–H and O–H groups in total. The number of nitrogens with zero attached hydrogens (tertiary/aromatic N) is 1. The smallest absolute Gasteiger partial charge is 0.143 e. The lowest BCUT2D eigenvalue weighted by atomic mass is 9.84. The second kappa shape index (κ2) is 10.3. The quantitative estimate of drug-likeness (QED) is 0.136. The van der Waals surface area contributed by atoms with E-state index in [1.165, 1.54) is 87.5 Å².